The van der Waals surface area contributed by atoms with E-state index in [9.17, 15) is 9.59 Å². The quantitative estimate of drug-likeness (QED) is 0.274. The number of benzene rings is 3. The zero-order valence-electron chi connectivity index (χ0n) is 22.6. The molecule has 5 rings (SSSR count). The zero-order valence-corrected chi connectivity index (χ0v) is 23.4. The minimum atomic E-state index is -0.675. The molecule has 0 saturated carbocycles. The molecule has 1 unspecified atom stereocenters. The lowest BCUT2D eigenvalue weighted by Gasteiger charge is -2.25. The van der Waals surface area contributed by atoms with Crippen LogP contribution >= 0.6 is 11.3 Å². The fourth-order valence-corrected chi connectivity index (χ4v) is 5.49. The second-order valence-corrected chi connectivity index (χ2v) is 10.7. The van der Waals surface area contributed by atoms with Crippen LogP contribution in [0.4, 0.5) is 0 Å². The fourth-order valence-electron chi connectivity index (χ4n) is 4.49. The predicted molar refractivity (Wildman–Crippen MR) is 159 cm³/mol. The third kappa shape index (κ3) is 6.05. The molecule has 0 N–H and O–H groups in total. The Morgan fingerprint density at radius 1 is 1.00 bits per heavy atom. The Bertz CT molecular complexity index is 1730. The summed E-state index contributed by atoms with van der Waals surface area (Å²) in [6.07, 6.45) is 5.28. The van der Waals surface area contributed by atoms with E-state index in [-0.39, 0.29) is 11.7 Å². The topological polar surface area (TPSA) is 69.9 Å². The number of carbonyl (C=O) groups is 1. The lowest BCUT2D eigenvalue weighted by Crippen LogP contribution is -2.40. The highest BCUT2D eigenvalue weighted by molar-refractivity contribution is 7.07. The fraction of sp³-hybridized carbons (Fsp3) is 0.182. The van der Waals surface area contributed by atoms with Crippen LogP contribution in [0, 0.1) is 0 Å². The second-order valence-electron chi connectivity index (χ2n) is 9.67. The van der Waals surface area contributed by atoms with Crippen molar-refractivity contribution in [3.05, 3.63) is 139 Å². The van der Waals surface area contributed by atoms with Crippen molar-refractivity contribution in [2.24, 2.45) is 4.99 Å². The van der Waals surface area contributed by atoms with E-state index in [0.29, 0.717) is 33.0 Å². The van der Waals surface area contributed by atoms with Crippen molar-refractivity contribution in [1.29, 1.82) is 0 Å². The molecule has 1 aliphatic rings. The summed E-state index contributed by atoms with van der Waals surface area (Å²) in [7, 11) is 0. The van der Waals surface area contributed by atoms with E-state index in [4.69, 9.17) is 9.47 Å². The van der Waals surface area contributed by atoms with E-state index in [1.54, 1.807) is 31.4 Å². The lowest BCUT2D eigenvalue weighted by molar-refractivity contribution is -0.143. The van der Waals surface area contributed by atoms with Crippen molar-refractivity contribution in [2.45, 2.75) is 39.5 Å². The summed E-state index contributed by atoms with van der Waals surface area (Å²) >= 11 is 1.30. The van der Waals surface area contributed by atoms with Crippen molar-refractivity contribution >= 4 is 29.5 Å². The van der Waals surface area contributed by atoms with Crippen LogP contribution < -0.4 is 19.6 Å². The smallest absolute Gasteiger partial charge is 0.338 e. The number of thiazole rings is 1. The number of fused-ring (bicyclic) bond motifs is 1. The molecule has 3 aromatic carbocycles. The normalized spacial score (nSPS) is 15.3. The molecule has 1 aliphatic heterocycles. The molecule has 0 fully saturated rings. The van der Waals surface area contributed by atoms with Gasteiger partial charge in [0.2, 0.25) is 0 Å². The minimum absolute atomic E-state index is 0.210. The largest absolute Gasteiger partial charge is 0.489 e. The Balaban J connectivity index is 1.52. The van der Waals surface area contributed by atoms with Crippen molar-refractivity contribution in [2.75, 3.05) is 0 Å². The highest BCUT2D eigenvalue weighted by Crippen LogP contribution is 2.32. The van der Waals surface area contributed by atoms with Crippen molar-refractivity contribution in [3.63, 3.8) is 0 Å². The average molecular weight is 551 g/mol. The summed E-state index contributed by atoms with van der Waals surface area (Å²) in [5.41, 5.74) is 3.55. The van der Waals surface area contributed by atoms with Gasteiger partial charge in [-0.15, -0.1) is 0 Å². The molecule has 1 aromatic heterocycles. The number of ether oxygens (including phenoxy) is 2. The van der Waals surface area contributed by atoms with Crippen LogP contribution in [0.15, 0.2) is 112 Å². The standard InChI is InChI=1S/C33H30N2O4S/c1-22(2)39-32(37)29-23(3)34-33-35(31(36)28(40-33)16-10-15-24-11-6-4-7-12-24)30(29)26-17-19-27(20-18-26)38-21-25-13-8-5-9-14-25/h4-20,22,30H,21H2,1-3H3. The van der Waals surface area contributed by atoms with Gasteiger partial charge in [0.15, 0.2) is 4.80 Å². The third-order valence-electron chi connectivity index (χ3n) is 6.36. The van der Waals surface area contributed by atoms with Crippen LogP contribution in [0.1, 0.15) is 43.5 Å². The predicted octanol–water partition coefficient (Wildman–Crippen LogP) is 5.43. The summed E-state index contributed by atoms with van der Waals surface area (Å²) < 4.78 is 13.7. The molecule has 0 saturated heterocycles. The second kappa shape index (κ2) is 12.1. The van der Waals surface area contributed by atoms with Crippen LogP contribution in [0.25, 0.3) is 12.2 Å². The van der Waals surface area contributed by atoms with E-state index in [0.717, 1.165) is 16.7 Å². The van der Waals surface area contributed by atoms with Gasteiger partial charge < -0.3 is 9.47 Å². The Labute approximate surface area is 236 Å². The Morgan fingerprint density at radius 3 is 2.35 bits per heavy atom. The van der Waals surface area contributed by atoms with E-state index in [1.807, 2.05) is 97.1 Å². The highest BCUT2D eigenvalue weighted by atomic mass is 32.1. The number of hydrogen-bond acceptors (Lipinski definition) is 6. The molecular formula is C33H30N2O4S. The first-order valence-corrected chi connectivity index (χ1v) is 13.9. The van der Waals surface area contributed by atoms with Gasteiger partial charge in [-0.2, -0.15) is 0 Å². The van der Waals surface area contributed by atoms with Gasteiger partial charge in [0.1, 0.15) is 12.4 Å². The summed E-state index contributed by atoms with van der Waals surface area (Å²) in [6, 6.07) is 26.6. The highest BCUT2D eigenvalue weighted by Gasteiger charge is 2.33. The molecule has 0 radical (unpaired) electrons. The van der Waals surface area contributed by atoms with Gasteiger partial charge >= 0.3 is 5.97 Å². The summed E-state index contributed by atoms with van der Waals surface area (Å²) in [5.74, 6) is 0.210. The Morgan fingerprint density at radius 2 is 1.68 bits per heavy atom. The summed E-state index contributed by atoms with van der Waals surface area (Å²) in [4.78, 5) is 32.2. The molecule has 4 aromatic rings. The van der Waals surface area contributed by atoms with Crippen molar-refractivity contribution < 1.29 is 14.3 Å². The van der Waals surface area contributed by atoms with Gasteiger partial charge in [0.25, 0.3) is 5.56 Å². The maximum absolute atomic E-state index is 13.7. The number of aromatic nitrogens is 1. The molecule has 7 heteroatoms. The van der Waals surface area contributed by atoms with E-state index in [2.05, 4.69) is 4.99 Å². The van der Waals surface area contributed by atoms with Crippen molar-refractivity contribution in [1.82, 2.24) is 4.57 Å². The minimum Gasteiger partial charge on any atom is -0.489 e. The first-order chi connectivity index (χ1) is 19.4. The summed E-state index contributed by atoms with van der Waals surface area (Å²) in [5, 5.41) is 0. The molecule has 2 heterocycles. The maximum Gasteiger partial charge on any atom is 0.338 e. The van der Waals surface area contributed by atoms with E-state index < -0.39 is 12.0 Å². The molecule has 0 bridgehead atoms. The van der Waals surface area contributed by atoms with Crippen LogP contribution in [-0.2, 0) is 16.1 Å². The molecule has 40 heavy (non-hydrogen) atoms. The van der Waals surface area contributed by atoms with Gasteiger partial charge in [0, 0.05) is 0 Å². The monoisotopic (exact) mass is 550 g/mol. The lowest BCUT2D eigenvalue weighted by atomic mass is 9.96. The van der Waals surface area contributed by atoms with Crippen LogP contribution in [0.3, 0.4) is 0 Å². The number of hydrogen-bond donors (Lipinski definition) is 0. The van der Waals surface area contributed by atoms with Gasteiger partial charge in [-0.3, -0.25) is 9.36 Å². The molecule has 1 atom stereocenters. The maximum atomic E-state index is 13.7. The molecule has 6 nitrogen and oxygen atoms in total. The molecule has 0 spiro atoms. The van der Waals surface area contributed by atoms with Crippen LogP contribution in [0.2, 0.25) is 0 Å². The van der Waals surface area contributed by atoms with Gasteiger partial charge in [-0.05, 0) is 55.7 Å². The molecule has 202 valence electrons. The third-order valence-corrected chi connectivity index (χ3v) is 7.37. The number of esters is 1. The number of nitrogens with zero attached hydrogens (tertiary/aromatic N) is 2. The summed E-state index contributed by atoms with van der Waals surface area (Å²) in [6.45, 7) is 5.83. The van der Waals surface area contributed by atoms with E-state index >= 15 is 0 Å². The number of allylic oxidation sites excluding steroid dienone is 2. The Hall–Kier alpha value is -4.49. The Kier molecular flexibility index (Phi) is 8.22. The molecule has 0 aliphatic carbocycles. The molecular weight excluding hydrogens is 520 g/mol. The first kappa shape index (κ1) is 27.1. The zero-order chi connectivity index (χ0) is 28.1. The van der Waals surface area contributed by atoms with Crippen LogP contribution in [0.5, 0.6) is 5.75 Å². The number of carbonyl (C=O) groups excluding carboxylic acids is 1. The molecule has 0 amide bonds. The van der Waals surface area contributed by atoms with E-state index in [1.165, 1.54) is 11.3 Å². The first-order valence-electron chi connectivity index (χ1n) is 13.1. The SMILES string of the molecule is CC1=C(C(=O)OC(C)C)C(c2ccc(OCc3ccccc3)cc2)n2c(sc(=CC=Cc3ccccc3)c2=O)=N1. The van der Waals surface area contributed by atoms with Gasteiger partial charge in [-0.1, -0.05) is 96.3 Å². The average Bonchev–Trinajstić information content (AvgIpc) is 3.26. The number of rotatable bonds is 8. The van der Waals surface area contributed by atoms with Crippen LogP contribution in [-0.4, -0.2) is 16.6 Å². The van der Waals surface area contributed by atoms with Gasteiger partial charge in [-0.25, -0.2) is 9.79 Å². The van der Waals surface area contributed by atoms with Crippen molar-refractivity contribution in [3.8, 4) is 5.75 Å². The van der Waals surface area contributed by atoms with Gasteiger partial charge in [0.05, 0.1) is 27.9 Å².